The number of ether oxygens (including phenoxy) is 2. The first-order chi connectivity index (χ1) is 9.77. The van der Waals surface area contributed by atoms with E-state index in [4.69, 9.17) is 15.2 Å². The maximum Gasteiger partial charge on any atom is 0.161 e. The van der Waals surface area contributed by atoms with Crippen LogP contribution in [-0.2, 0) is 0 Å². The van der Waals surface area contributed by atoms with E-state index in [2.05, 4.69) is 11.9 Å². The van der Waals surface area contributed by atoms with E-state index in [0.717, 1.165) is 37.6 Å². The Morgan fingerprint density at radius 3 is 2.23 bits per heavy atom. The van der Waals surface area contributed by atoms with Gasteiger partial charge in [0.15, 0.2) is 11.5 Å². The molecule has 130 valence electrons. The molecule has 1 rings (SSSR count). The smallest absolute Gasteiger partial charge is 0.161 e. The lowest BCUT2D eigenvalue weighted by molar-refractivity contribution is 0.227. The summed E-state index contributed by atoms with van der Waals surface area (Å²) in [6, 6.07) is 7.75. The molecule has 0 amide bonds. The zero-order valence-corrected chi connectivity index (χ0v) is 15.3. The Labute approximate surface area is 147 Å². The summed E-state index contributed by atoms with van der Waals surface area (Å²) < 4.78 is 11.0. The Morgan fingerprint density at radius 2 is 1.59 bits per heavy atom. The van der Waals surface area contributed by atoms with Gasteiger partial charge in [0.1, 0.15) is 6.61 Å². The van der Waals surface area contributed by atoms with Gasteiger partial charge in [-0.2, -0.15) is 0 Å². The van der Waals surface area contributed by atoms with Gasteiger partial charge >= 0.3 is 0 Å². The van der Waals surface area contributed by atoms with Crippen molar-refractivity contribution in [3.63, 3.8) is 0 Å². The van der Waals surface area contributed by atoms with Gasteiger partial charge in [0.25, 0.3) is 0 Å². The standard InChI is InChI=1S/C16H28N2O2.2ClH/c1-18(12-8-4-3-7-11-17)13-14-20-16-10-6-5-9-15(16)19-2;;/h5-6,9-10H,3-4,7-8,11-14,17H2,1-2H3;2*1H. The molecule has 0 spiro atoms. The van der Waals surface area contributed by atoms with Crippen LogP contribution >= 0.6 is 24.8 Å². The average molecular weight is 353 g/mol. The second-order valence-corrected chi connectivity index (χ2v) is 5.01. The molecule has 0 atom stereocenters. The van der Waals surface area contributed by atoms with Gasteiger partial charge in [-0.05, 0) is 45.1 Å². The highest BCUT2D eigenvalue weighted by molar-refractivity contribution is 5.85. The first-order valence-corrected chi connectivity index (χ1v) is 7.42. The normalized spacial score (nSPS) is 9.82. The van der Waals surface area contributed by atoms with Crippen molar-refractivity contribution < 1.29 is 9.47 Å². The minimum atomic E-state index is 0. The van der Waals surface area contributed by atoms with E-state index in [0.29, 0.717) is 6.61 Å². The monoisotopic (exact) mass is 352 g/mol. The van der Waals surface area contributed by atoms with Crippen LogP contribution in [0.15, 0.2) is 24.3 Å². The summed E-state index contributed by atoms with van der Waals surface area (Å²) in [5.41, 5.74) is 5.48. The minimum absolute atomic E-state index is 0. The molecule has 1 aromatic carbocycles. The van der Waals surface area contributed by atoms with Crippen LogP contribution in [0.5, 0.6) is 11.5 Å². The van der Waals surface area contributed by atoms with Crippen LogP contribution in [0.25, 0.3) is 0 Å². The molecule has 1 aromatic rings. The van der Waals surface area contributed by atoms with E-state index in [9.17, 15) is 0 Å². The van der Waals surface area contributed by atoms with Crippen LogP contribution in [0.4, 0.5) is 0 Å². The van der Waals surface area contributed by atoms with Crippen molar-refractivity contribution in [2.45, 2.75) is 25.7 Å². The fourth-order valence-corrected chi connectivity index (χ4v) is 2.04. The molecule has 2 N–H and O–H groups in total. The van der Waals surface area contributed by atoms with Crippen molar-refractivity contribution in [2.24, 2.45) is 5.73 Å². The zero-order valence-electron chi connectivity index (χ0n) is 13.6. The molecular weight excluding hydrogens is 323 g/mol. The van der Waals surface area contributed by atoms with Crippen molar-refractivity contribution in [2.75, 3.05) is 40.4 Å². The number of likely N-dealkylation sites (N-methyl/N-ethyl adjacent to an activating group) is 1. The minimum Gasteiger partial charge on any atom is -0.493 e. The summed E-state index contributed by atoms with van der Waals surface area (Å²) in [6.07, 6.45) is 4.86. The number of halogens is 2. The van der Waals surface area contributed by atoms with Gasteiger partial charge in [0.05, 0.1) is 7.11 Å². The number of nitrogens with two attached hydrogens (primary N) is 1. The Bertz CT molecular complexity index is 368. The molecule has 0 bridgehead atoms. The Balaban J connectivity index is 0. The summed E-state index contributed by atoms with van der Waals surface area (Å²) in [5.74, 6) is 1.60. The number of hydrogen-bond acceptors (Lipinski definition) is 4. The lowest BCUT2D eigenvalue weighted by atomic mass is 10.2. The highest BCUT2D eigenvalue weighted by atomic mass is 35.5. The van der Waals surface area contributed by atoms with Crippen molar-refractivity contribution >= 4 is 24.8 Å². The average Bonchev–Trinajstić information content (AvgIpc) is 2.47. The fourth-order valence-electron chi connectivity index (χ4n) is 2.04. The van der Waals surface area contributed by atoms with Gasteiger partial charge in [-0.1, -0.05) is 25.0 Å². The molecule has 0 heterocycles. The van der Waals surface area contributed by atoms with E-state index < -0.39 is 0 Å². The molecular formula is C16H30Cl2N2O2. The van der Waals surface area contributed by atoms with Gasteiger partial charge in [-0.3, -0.25) is 0 Å². The summed E-state index contributed by atoms with van der Waals surface area (Å²) in [5, 5.41) is 0. The highest BCUT2D eigenvalue weighted by Crippen LogP contribution is 2.25. The maximum absolute atomic E-state index is 5.76. The van der Waals surface area contributed by atoms with Crippen LogP contribution < -0.4 is 15.2 Å². The summed E-state index contributed by atoms with van der Waals surface area (Å²) >= 11 is 0. The highest BCUT2D eigenvalue weighted by Gasteiger charge is 2.03. The molecule has 0 aliphatic heterocycles. The molecule has 0 fully saturated rings. The SMILES string of the molecule is COc1ccccc1OCCN(C)CCCCCCN.Cl.Cl. The van der Waals surface area contributed by atoms with Gasteiger partial charge in [-0.25, -0.2) is 0 Å². The number of rotatable bonds is 11. The zero-order chi connectivity index (χ0) is 14.6. The van der Waals surface area contributed by atoms with Crippen LogP contribution in [0.2, 0.25) is 0 Å². The van der Waals surface area contributed by atoms with E-state index in [1.54, 1.807) is 7.11 Å². The first-order valence-electron chi connectivity index (χ1n) is 7.42. The third kappa shape index (κ3) is 10.1. The molecule has 6 heteroatoms. The fraction of sp³-hybridized carbons (Fsp3) is 0.625. The largest absolute Gasteiger partial charge is 0.493 e. The second kappa shape index (κ2) is 15.2. The number of unbranched alkanes of at least 4 members (excludes halogenated alkanes) is 3. The number of hydrogen-bond donors (Lipinski definition) is 1. The number of benzene rings is 1. The molecule has 4 nitrogen and oxygen atoms in total. The summed E-state index contributed by atoms with van der Waals surface area (Å²) in [7, 11) is 3.80. The van der Waals surface area contributed by atoms with Crippen molar-refractivity contribution in [3.05, 3.63) is 24.3 Å². The van der Waals surface area contributed by atoms with Crippen LogP contribution in [0.3, 0.4) is 0 Å². The van der Waals surface area contributed by atoms with Gasteiger partial charge in [-0.15, -0.1) is 24.8 Å². The number of nitrogens with zero attached hydrogens (tertiary/aromatic N) is 1. The van der Waals surface area contributed by atoms with Crippen molar-refractivity contribution in [1.29, 1.82) is 0 Å². The van der Waals surface area contributed by atoms with Gasteiger partial charge in [0, 0.05) is 6.54 Å². The Hall–Kier alpha value is -0.680. The van der Waals surface area contributed by atoms with Crippen LogP contribution in [-0.4, -0.2) is 45.3 Å². The first kappa shape index (κ1) is 23.6. The van der Waals surface area contributed by atoms with Crippen LogP contribution in [0, 0.1) is 0 Å². The molecule has 0 aliphatic rings. The van der Waals surface area contributed by atoms with E-state index in [1.165, 1.54) is 19.3 Å². The topological polar surface area (TPSA) is 47.7 Å². The predicted octanol–water partition coefficient (Wildman–Crippen LogP) is 3.37. The lowest BCUT2D eigenvalue weighted by Gasteiger charge is -2.17. The quantitative estimate of drug-likeness (QED) is 0.620. The molecule has 0 radical (unpaired) electrons. The number of methoxy groups -OCH3 is 1. The molecule has 0 saturated heterocycles. The Kier molecular flexibility index (Phi) is 16.3. The summed E-state index contributed by atoms with van der Waals surface area (Å²) in [4.78, 5) is 2.30. The summed E-state index contributed by atoms with van der Waals surface area (Å²) in [6.45, 7) is 3.52. The van der Waals surface area contributed by atoms with Crippen LogP contribution in [0.1, 0.15) is 25.7 Å². The van der Waals surface area contributed by atoms with E-state index in [-0.39, 0.29) is 24.8 Å². The van der Waals surface area contributed by atoms with Gasteiger partial charge in [0.2, 0.25) is 0 Å². The Morgan fingerprint density at radius 1 is 0.955 bits per heavy atom. The third-order valence-corrected chi connectivity index (χ3v) is 3.29. The molecule has 0 aromatic heterocycles. The van der Waals surface area contributed by atoms with Gasteiger partial charge < -0.3 is 20.1 Å². The molecule has 22 heavy (non-hydrogen) atoms. The maximum atomic E-state index is 5.76. The van der Waals surface area contributed by atoms with E-state index in [1.807, 2.05) is 24.3 Å². The second-order valence-electron chi connectivity index (χ2n) is 5.01. The van der Waals surface area contributed by atoms with Crippen molar-refractivity contribution in [3.8, 4) is 11.5 Å². The molecule has 0 aliphatic carbocycles. The predicted molar refractivity (Wildman–Crippen MR) is 98.0 cm³/mol. The van der Waals surface area contributed by atoms with E-state index >= 15 is 0 Å². The lowest BCUT2D eigenvalue weighted by Crippen LogP contribution is -2.25. The third-order valence-electron chi connectivity index (χ3n) is 3.29. The molecule has 0 unspecified atom stereocenters. The van der Waals surface area contributed by atoms with Crippen molar-refractivity contribution in [1.82, 2.24) is 4.90 Å². The number of para-hydroxylation sites is 2. The molecule has 0 saturated carbocycles.